The van der Waals surface area contributed by atoms with Crippen molar-refractivity contribution < 1.29 is 14.6 Å². The molecular formula is C25H32ClN5O3. The lowest BCUT2D eigenvalue weighted by molar-refractivity contribution is -0.111. The van der Waals surface area contributed by atoms with Crippen molar-refractivity contribution in [3.05, 3.63) is 52.4 Å². The summed E-state index contributed by atoms with van der Waals surface area (Å²) in [5, 5.41) is 14.7. The molecular weight excluding hydrogens is 454 g/mol. The maximum absolute atomic E-state index is 12.3. The highest BCUT2D eigenvalue weighted by atomic mass is 35.5. The van der Waals surface area contributed by atoms with Crippen LogP contribution in [0.3, 0.4) is 0 Å². The van der Waals surface area contributed by atoms with Crippen molar-refractivity contribution in [3.8, 4) is 0 Å². The number of carbonyl (C=O) groups is 1. The van der Waals surface area contributed by atoms with Gasteiger partial charge in [0.05, 0.1) is 30.5 Å². The minimum absolute atomic E-state index is 0.135. The first kappa shape index (κ1) is 23.6. The van der Waals surface area contributed by atoms with Crippen LogP contribution in [0.2, 0.25) is 5.02 Å². The average Bonchev–Trinajstić information content (AvgIpc) is 3.48. The molecule has 1 aromatic heterocycles. The Morgan fingerprint density at radius 3 is 2.65 bits per heavy atom. The molecule has 2 saturated heterocycles. The molecule has 0 saturated carbocycles. The zero-order valence-electron chi connectivity index (χ0n) is 19.4. The lowest BCUT2D eigenvalue weighted by atomic mass is 9.95. The lowest BCUT2D eigenvalue weighted by Gasteiger charge is -2.43. The van der Waals surface area contributed by atoms with Crippen LogP contribution in [0.5, 0.6) is 0 Å². The van der Waals surface area contributed by atoms with Gasteiger partial charge in [-0.3, -0.25) is 10.2 Å². The zero-order valence-corrected chi connectivity index (χ0v) is 20.2. The average molecular weight is 486 g/mol. The quantitative estimate of drug-likeness (QED) is 0.578. The molecule has 2 aliphatic heterocycles. The highest BCUT2D eigenvalue weighted by Gasteiger charge is 2.36. The molecule has 9 heteroatoms. The molecule has 0 amide bonds. The van der Waals surface area contributed by atoms with Crippen LogP contribution in [0.15, 0.2) is 30.6 Å². The fraction of sp³-hybridized carbons (Fsp3) is 0.560. The summed E-state index contributed by atoms with van der Waals surface area (Å²) < 4.78 is 5.59. The number of hydrogen-bond donors (Lipinski definition) is 2. The van der Waals surface area contributed by atoms with Gasteiger partial charge in [0.15, 0.2) is 0 Å². The number of piperazine rings is 1. The first-order valence-corrected chi connectivity index (χ1v) is 12.5. The first-order chi connectivity index (χ1) is 16.5. The normalized spacial score (nSPS) is 26.9. The van der Waals surface area contributed by atoms with Gasteiger partial charge in [0.25, 0.3) is 0 Å². The van der Waals surface area contributed by atoms with E-state index in [0.29, 0.717) is 18.1 Å². The minimum Gasteiger partial charge on any atom is -0.387 e. The van der Waals surface area contributed by atoms with Crippen molar-refractivity contribution in [2.45, 2.75) is 49.9 Å². The highest BCUT2D eigenvalue weighted by Crippen LogP contribution is 2.42. The molecule has 5 rings (SSSR count). The van der Waals surface area contributed by atoms with Gasteiger partial charge in [-0.1, -0.05) is 30.7 Å². The van der Waals surface area contributed by atoms with E-state index in [1.807, 2.05) is 24.3 Å². The molecule has 3 aliphatic rings. The van der Waals surface area contributed by atoms with E-state index in [9.17, 15) is 9.90 Å². The van der Waals surface area contributed by atoms with E-state index >= 15 is 0 Å². The van der Waals surface area contributed by atoms with Crippen LogP contribution in [0.4, 0.5) is 5.82 Å². The monoisotopic (exact) mass is 485 g/mol. The summed E-state index contributed by atoms with van der Waals surface area (Å²) in [6.45, 7) is 6.69. The van der Waals surface area contributed by atoms with Crippen LogP contribution in [-0.4, -0.2) is 77.9 Å². The zero-order chi connectivity index (χ0) is 23.7. The summed E-state index contributed by atoms with van der Waals surface area (Å²) in [5.74, 6) is 0.857. The molecule has 3 heterocycles. The van der Waals surface area contributed by atoms with E-state index in [0.717, 1.165) is 68.1 Å². The molecule has 2 N–H and O–H groups in total. The number of aromatic nitrogens is 2. The van der Waals surface area contributed by atoms with Crippen molar-refractivity contribution in [3.63, 3.8) is 0 Å². The standard InChI is InChI=1S/C25H32ClN5O3/c1-16-12-21(33)23-22(16)25(28-15-27-23)31-9-7-30(8-10-31)24(29-19-6-11-34-14-19)20(13-32)17-2-4-18(26)5-3-17/h2-5,13,15-16,19-21,24,29,33H,6-12,14H2,1H3/t16-,19+,20?,21-,24?/m1/s1. The smallest absolute Gasteiger partial charge is 0.135 e. The van der Waals surface area contributed by atoms with Crippen LogP contribution in [-0.2, 0) is 9.53 Å². The Morgan fingerprint density at radius 1 is 1.21 bits per heavy atom. The molecule has 182 valence electrons. The maximum Gasteiger partial charge on any atom is 0.135 e. The van der Waals surface area contributed by atoms with Crippen molar-refractivity contribution in [1.29, 1.82) is 0 Å². The number of carbonyl (C=O) groups excluding carboxylic acids is 1. The van der Waals surface area contributed by atoms with E-state index in [2.05, 4.69) is 32.0 Å². The Labute approximate surface area is 205 Å². The number of nitrogens with zero attached hydrogens (tertiary/aromatic N) is 4. The Kier molecular flexibility index (Phi) is 7.13. The van der Waals surface area contributed by atoms with Crippen molar-refractivity contribution in [2.24, 2.45) is 0 Å². The number of fused-ring (bicyclic) bond motifs is 1. The largest absolute Gasteiger partial charge is 0.387 e. The predicted octanol–water partition coefficient (Wildman–Crippen LogP) is 2.48. The molecule has 2 unspecified atom stereocenters. The molecule has 0 spiro atoms. The molecule has 34 heavy (non-hydrogen) atoms. The number of aliphatic hydroxyl groups is 1. The van der Waals surface area contributed by atoms with Crippen molar-refractivity contribution in [1.82, 2.24) is 20.2 Å². The SMILES string of the molecule is C[C@@H]1C[C@@H](O)c2ncnc(N3CCN(C(N[C@H]4CCOC4)C(C=O)c4ccc(Cl)cc4)CC3)c21. The fourth-order valence-electron chi connectivity index (χ4n) is 5.53. The van der Waals surface area contributed by atoms with Crippen LogP contribution in [0.1, 0.15) is 54.5 Å². The Bertz CT molecular complexity index is 993. The van der Waals surface area contributed by atoms with Crippen molar-refractivity contribution in [2.75, 3.05) is 44.3 Å². The van der Waals surface area contributed by atoms with E-state index in [1.54, 1.807) is 6.33 Å². The number of anilines is 1. The maximum atomic E-state index is 12.3. The number of ether oxygens (including phenoxy) is 1. The number of aliphatic hydroxyl groups excluding tert-OH is 1. The fourth-order valence-corrected chi connectivity index (χ4v) is 5.66. The van der Waals surface area contributed by atoms with Gasteiger partial charge < -0.3 is 19.5 Å². The van der Waals surface area contributed by atoms with E-state index in [1.165, 1.54) is 0 Å². The van der Waals surface area contributed by atoms with Gasteiger partial charge in [-0.25, -0.2) is 9.97 Å². The van der Waals surface area contributed by atoms with Crippen LogP contribution >= 0.6 is 11.6 Å². The molecule has 8 nitrogen and oxygen atoms in total. The van der Waals surface area contributed by atoms with Crippen molar-refractivity contribution >= 4 is 23.7 Å². The second-order valence-electron chi connectivity index (χ2n) is 9.56. The Balaban J connectivity index is 1.35. The topological polar surface area (TPSA) is 90.8 Å². The van der Waals surface area contributed by atoms with Gasteiger partial charge in [0.1, 0.15) is 18.4 Å². The van der Waals surface area contributed by atoms with Gasteiger partial charge >= 0.3 is 0 Å². The van der Waals surface area contributed by atoms with Gasteiger partial charge in [0.2, 0.25) is 0 Å². The predicted molar refractivity (Wildman–Crippen MR) is 130 cm³/mol. The summed E-state index contributed by atoms with van der Waals surface area (Å²) in [5.41, 5.74) is 2.80. The minimum atomic E-state index is -0.511. The highest BCUT2D eigenvalue weighted by molar-refractivity contribution is 6.30. The lowest BCUT2D eigenvalue weighted by Crippen LogP contribution is -2.59. The van der Waals surface area contributed by atoms with Gasteiger partial charge in [0, 0.05) is 49.4 Å². The molecule has 2 fully saturated rings. The molecule has 1 aliphatic carbocycles. The van der Waals surface area contributed by atoms with Crippen LogP contribution in [0, 0.1) is 0 Å². The van der Waals surface area contributed by atoms with E-state index < -0.39 is 6.10 Å². The molecule has 2 aromatic rings. The molecule has 1 aromatic carbocycles. The van der Waals surface area contributed by atoms with Crippen LogP contribution < -0.4 is 10.2 Å². The second-order valence-corrected chi connectivity index (χ2v) is 9.99. The van der Waals surface area contributed by atoms with E-state index in [4.69, 9.17) is 16.3 Å². The summed E-state index contributed by atoms with van der Waals surface area (Å²) in [4.78, 5) is 26.0. The summed E-state index contributed by atoms with van der Waals surface area (Å²) in [7, 11) is 0. The Hall–Kier alpha value is -2.10. The van der Waals surface area contributed by atoms with Crippen LogP contribution in [0.25, 0.3) is 0 Å². The summed E-state index contributed by atoms with van der Waals surface area (Å²) in [6, 6.07) is 7.78. The van der Waals surface area contributed by atoms with Gasteiger partial charge in [-0.2, -0.15) is 0 Å². The van der Waals surface area contributed by atoms with Gasteiger partial charge in [-0.15, -0.1) is 0 Å². The molecule has 0 bridgehead atoms. The third-order valence-corrected chi connectivity index (χ3v) is 7.62. The third-order valence-electron chi connectivity index (χ3n) is 7.36. The number of halogens is 1. The molecule has 5 atom stereocenters. The van der Waals surface area contributed by atoms with Gasteiger partial charge in [-0.05, 0) is 36.5 Å². The summed E-state index contributed by atoms with van der Waals surface area (Å²) in [6.07, 6.45) is 3.60. The number of benzene rings is 1. The number of aldehydes is 1. The number of hydrogen-bond acceptors (Lipinski definition) is 8. The van der Waals surface area contributed by atoms with E-state index in [-0.39, 0.29) is 24.0 Å². The Morgan fingerprint density at radius 2 is 1.97 bits per heavy atom. The number of rotatable bonds is 7. The third kappa shape index (κ3) is 4.70. The summed E-state index contributed by atoms with van der Waals surface area (Å²) >= 11 is 6.10. The number of nitrogens with one attached hydrogen (secondary N) is 1. The first-order valence-electron chi connectivity index (χ1n) is 12.1. The molecule has 0 radical (unpaired) electrons. The second kappa shape index (κ2) is 10.3.